The smallest absolute Gasteiger partial charge is 0.272 e. The van der Waals surface area contributed by atoms with E-state index in [4.69, 9.17) is 23.2 Å². The molecule has 1 aromatic rings. The molecule has 0 aliphatic rings. The Bertz CT molecular complexity index is 439. The van der Waals surface area contributed by atoms with Crippen LogP contribution in [0, 0.1) is 10.1 Å². The van der Waals surface area contributed by atoms with Gasteiger partial charge in [-0.25, -0.2) is 0 Å². The summed E-state index contributed by atoms with van der Waals surface area (Å²) in [7, 11) is 0. The van der Waals surface area contributed by atoms with E-state index in [2.05, 4.69) is 5.32 Å². The molecular weight excluding hydrogens is 279 g/mol. The van der Waals surface area contributed by atoms with Crippen molar-refractivity contribution in [3.8, 4) is 0 Å². The van der Waals surface area contributed by atoms with Crippen LogP contribution < -0.4 is 5.32 Å². The highest BCUT2D eigenvalue weighted by molar-refractivity contribution is 6.39. The normalized spacial score (nSPS) is 14.1. The summed E-state index contributed by atoms with van der Waals surface area (Å²) in [5.74, 6) is 0. The molecule has 0 radical (unpaired) electrons. The van der Waals surface area contributed by atoms with Gasteiger partial charge in [-0.05, 0) is 13.3 Å². The van der Waals surface area contributed by atoms with Crippen molar-refractivity contribution in [3.05, 3.63) is 32.3 Å². The topological polar surface area (TPSA) is 75.4 Å². The quantitative estimate of drug-likeness (QED) is 0.643. The number of aliphatic hydroxyl groups is 1. The largest absolute Gasteiger partial charge is 0.394 e. The van der Waals surface area contributed by atoms with E-state index in [9.17, 15) is 15.2 Å². The van der Waals surface area contributed by atoms with Crippen LogP contribution in [0.4, 0.5) is 11.4 Å². The fraction of sp³-hybridized carbons (Fsp3) is 0.455. The van der Waals surface area contributed by atoms with Crippen molar-refractivity contribution in [2.24, 2.45) is 0 Å². The zero-order chi connectivity index (χ0) is 13.9. The summed E-state index contributed by atoms with van der Waals surface area (Å²) in [5.41, 5.74) is -0.358. The van der Waals surface area contributed by atoms with Crippen molar-refractivity contribution >= 4 is 34.6 Å². The number of nitro benzene ring substituents is 1. The molecule has 18 heavy (non-hydrogen) atoms. The van der Waals surface area contributed by atoms with Gasteiger partial charge < -0.3 is 10.4 Å². The van der Waals surface area contributed by atoms with Gasteiger partial charge >= 0.3 is 0 Å². The summed E-state index contributed by atoms with van der Waals surface area (Å²) >= 11 is 11.9. The lowest BCUT2D eigenvalue weighted by Crippen LogP contribution is -2.38. The van der Waals surface area contributed by atoms with Crippen molar-refractivity contribution in [2.45, 2.75) is 25.8 Å². The lowest BCUT2D eigenvalue weighted by molar-refractivity contribution is -0.384. The van der Waals surface area contributed by atoms with Crippen molar-refractivity contribution < 1.29 is 10.0 Å². The molecule has 1 unspecified atom stereocenters. The molecule has 1 aromatic carbocycles. The Hall–Kier alpha value is -1.04. The Labute approximate surface area is 115 Å². The van der Waals surface area contributed by atoms with Crippen molar-refractivity contribution in [3.63, 3.8) is 0 Å². The van der Waals surface area contributed by atoms with Crippen LogP contribution in [-0.4, -0.2) is 22.2 Å². The molecule has 0 heterocycles. The van der Waals surface area contributed by atoms with Gasteiger partial charge in [0.1, 0.15) is 0 Å². The van der Waals surface area contributed by atoms with E-state index in [-0.39, 0.29) is 22.3 Å². The summed E-state index contributed by atoms with van der Waals surface area (Å²) < 4.78 is 0. The van der Waals surface area contributed by atoms with Crippen LogP contribution in [0.2, 0.25) is 10.0 Å². The molecule has 1 atom stereocenters. The molecule has 7 heteroatoms. The molecule has 0 aliphatic heterocycles. The van der Waals surface area contributed by atoms with Gasteiger partial charge in [0, 0.05) is 12.1 Å². The van der Waals surface area contributed by atoms with E-state index < -0.39 is 10.5 Å². The van der Waals surface area contributed by atoms with Crippen molar-refractivity contribution in [2.75, 3.05) is 11.9 Å². The summed E-state index contributed by atoms with van der Waals surface area (Å²) in [6, 6.07) is 2.45. The van der Waals surface area contributed by atoms with Crippen LogP contribution in [0.5, 0.6) is 0 Å². The van der Waals surface area contributed by atoms with Gasteiger partial charge in [0.15, 0.2) is 0 Å². The predicted octanol–water partition coefficient (Wildman–Crippen LogP) is 3.47. The van der Waals surface area contributed by atoms with Crippen molar-refractivity contribution in [1.82, 2.24) is 0 Å². The average Bonchev–Trinajstić information content (AvgIpc) is 2.33. The van der Waals surface area contributed by atoms with E-state index in [1.807, 2.05) is 6.92 Å². The molecule has 5 nitrogen and oxygen atoms in total. The number of halogens is 2. The monoisotopic (exact) mass is 292 g/mol. The van der Waals surface area contributed by atoms with Gasteiger partial charge in [-0.15, -0.1) is 0 Å². The second kappa shape index (κ2) is 5.73. The zero-order valence-corrected chi connectivity index (χ0v) is 11.5. The number of hydrogen-bond acceptors (Lipinski definition) is 4. The van der Waals surface area contributed by atoms with Crippen LogP contribution in [-0.2, 0) is 0 Å². The van der Waals surface area contributed by atoms with Gasteiger partial charge in [-0.3, -0.25) is 10.1 Å². The number of hydrogen-bond donors (Lipinski definition) is 2. The highest BCUT2D eigenvalue weighted by Crippen LogP contribution is 2.36. The Kier molecular flexibility index (Phi) is 4.78. The molecule has 0 aromatic heterocycles. The van der Waals surface area contributed by atoms with Gasteiger partial charge in [-0.2, -0.15) is 0 Å². The van der Waals surface area contributed by atoms with Gasteiger partial charge in [0.05, 0.1) is 32.8 Å². The maximum absolute atomic E-state index is 10.6. The van der Waals surface area contributed by atoms with E-state index in [1.54, 1.807) is 6.92 Å². The summed E-state index contributed by atoms with van der Waals surface area (Å²) in [6.45, 7) is 3.60. The summed E-state index contributed by atoms with van der Waals surface area (Å²) in [6.07, 6.45) is 0.646. The van der Waals surface area contributed by atoms with E-state index in [1.165, 1.54) is 12.1 Å². The number of nitrogens with one attached hydrogen (secondary N) is 1. The van der Waals surface area contributed by atoms with Gasteiger partial charge in [0.2, 0.25) is 0 Å². The molecule has 0 spiro atoms. The standard InChI is InChI=1S/C11H14Cl2N2O3/c1-3-11(2,6-16)14-10-8(12)4-7(15(17)18)5-9(10)13/h4-5,14,16H,3,6H2,1-2H3. The maximum atomic E-state index is 10.6. The van der Waals surface area contributed by atoms with E-state index >= 15 is 0 Å². The third-order valence-electron chi connectivity index (χ3n) is 2.79. The van der Waals surface area contributed by atoms with Gasteiger partial charge in [-0.1, -0.05) is 30.1 Å². The molecule has 0 amide bonds. The number of nitro groups is 1. The molecule has 100 valence electrons. The zero-order valence-electron chi connectivity index (χ0n) is 10.0. The Morgan fingerprint density at radius 2 is 1.94 bits per heavy atom. The van der Waals surface area contributed by atoms with E-state index in [0.29, 0.717) is 12.1 Å². The molecule has 2 N–H and O–H groups in total. The Morgan fingerprint density at radius 1 is 1.44 bits per heavy atom. The number of anilines is 1. The second-order valence-electron chi connectivity index (χ2n) is 4.24. The number of rotatable bonds is 5. The molecule has 0 fully saturated rings. The lowest BCUT2D eigenvalue weighted by Gasteiger charge is -2.29. The van der Waals surface area contributed by atoms with Gasteiger partial charge in [0.25, 0.3) is 5.69 Å². The Morgan fingerprint density at radius 3 is 2.28 bits per heavy atom. The first-order valence-corrected chi connectivity index (χ1v) is 6.11. The second-order valence-corrected chi connectivity index (χ2v) is 5.05. The minimum absolute atomic E-state index is 0.104. The number of benzene rings is 1. The molecule has 0 aliphatic carbocycles. The highest BCUT2D eigenvalue weighted by Gasteiger charge is 2.24. The fourth-order valence-corrected chi connectivity index (χ4v) is 1.90. The molecule has 0 saturated carbocycles. The summed E-state index contributed by atoms with van der Waals surface area (Å²) in [4.78, 5) is 10.1. The minimum Gasteiger partial charge on any atom is -0.394 e. The van der Waals surface area contributed by atoms with Crippen LogP contribution in [0.3, 0.4) is 0 Å². The average molecular weight is 293 g/mol. The third kappa shape index (κ3) is 3.25. The predicted molar refractivity (Wildman–Crippen MR) is 72.5 cm³/mol. The molecule has 0 bridgehead atoms. The van der Waals surface area contributed by atoms with Crippen LogP contribution in [0.25, 0.3) is 0 Å². The lowest BCUT2D eigenvalue weighted by atomic mass is 10.00. The van der Waals surface area contributed by atoms with Crippen LogP contribution in [0.1, 0.15) is 20.3 Å². The third-order valence-corrected chi connectivity index (χ3v) is 3.39. The first-order chi connectivity index (χ1) is 8.33. The number of nitrogens with zero attached hydrogens (tertiary/aromatic N) is 1. The maximum Gasteiger partial charge on any atom is 0.272 e. The van der Waals surface area contributed by atoms with Crippen LogP contribution in [0.15, 0.2) is 12.1 Å². The first-order valence-electron chi connectivity index (χ1n) is 5.35. The SMILES string of the molecule is CCC(C)(CO)Nc1c(Cl)cc([N+](=O)[O-])cc1Cl. The van der Waals surface area contributed by atoms with Crippen molar-refractivity contribution in [1.29, 1.82) is 0 Å². The first kappa shape index (κ1) is 15.0. The molecule has 1 rings (SSSR count). The molecule has 0 saturated heterocycles. The summed E-state index contributed by atoms with van der Waals surface area (Å²) in [5, 5.41) is 23.3. The number of aliphatic hydroxyl groups excluding tert-OH is 1. The van der Waals surface area contributed by atoms with E-state index in [0.717, 1.165) is 0 Å². The fourth-order valence-electron chi connectivity index (χ4n) is 1.33. The minimum atomic E-state index is -0.580. The number of non-ortho nitro benzene ring substituents is 1. The Balaban J connectivity index is 3.15. The van der Waals surface area contributed by atoms with Crippen LogP contribution >= 0.6 is 23.2 Å². The molecular formula is C11H14Cl2N2O3. The highest BCUT2D eigenvalue weighted by atomic mass is 35.5.